The van der Waals surface area contributed by atoms with Crippen molar-refractivity contribution < 1.29 is 4.74 Å². The van der Waals surface area contributed by atoms with Gasteiger partial charge >= 0.3 is 0 Å². The summed E-state index contributed by atoms with van der Waals surface area (Å²) in [5.41, 5.74) is 5.33. The van der Waals surface area contributed by atoms with Gasteiger partial charge in [-0.05, 0) is 23.8 Å². The fourth-order valence-electron chi connectivity index (χ4n) is 1.56. The molecule has 0 aliphatic heterocycles. The van der Waals surface area contributed by atoms with Crippen molar-refractivity contribution in [3.63, 3.8) is 0 Å². The summed E-state index contributed by atoms with van der Waals surface area (Å²) < 4.78 is 5.26. The zero-order valence-corrected chi connectivity index (χ0v) is 9.76. The van der Waals surface area contributed by atoms with Gasteiger partial charge in [-0.2, -0.15) is 0 Å². The van der Waals surface area contributed by atoms with Gasteiger partial charge in [0.2, 0.25) is 0 Å². The third kappa shape index (κ3) is 3.10. The van der Waals surface area contributed by atoms with Crippen LogP contribution in [0.2, 0.25) is 0 Å². The van der Waals surface area contributed by atoms with Gasteiger partial charge in [-0.25, -0.2) is 0 Å². The zero-order valence-electron chi connectivity index (χ0n) is 9.76. The van der Waals surface area contributed by atoms with E-state index in [2.05, 4.69) is 5.73 Å². The lowest BCUT2D eigenvalue weighted by atomic mass is 10.2. The van der Waals surface area contributed by atoms with Gasteiger partial charge in [0.05, 0.1) is 7.11 Å². The van der Waals surface area contributed by atoms with E-state index in [1.165, 1.54) is 0 Å². The normalized spacial score (nSPS) is 9.24. The number of benzene rings is 2. The maximum atomic E-state index is 5.26. The highest BCUT2D eigenvalue weighted by Gasteiger charge is 1.94. The summed E-state index contributed by atoms with van der Waals surface area (Å²) in [6, 6.07) is 18.0. The number of rotatable bonds is 3. The van der Waals surface area contributed by atoms with Gasteiger partial charge in [-0.15, -0.1) is 5.73 Å². The first-order valence-corrected chi connectivity index (χ1v) is 5.51. The molecule has 0 bridgehead atoms. The van der Waals surface area contributed by atoms with Crippen LogP contribution in [0.1, 0.15) is 11.1 Å². The molecule has 0 heterocycles. The summed E-state index contributed by atoms with van der Waals surface area (Å²) in [5, 5.41) is 0. The third-order valence-corrected chi connectivity index (χ3v) is 2.43. The monoisotopic (exact) mass is 222 g/mol. The molecular formula is C16H14O. The Balaban J connectivity index is 2.23. The van der Waals surface area contributed by atoms with E-state index in [-0.39, 0.29) is 0 Å². The third-order valence-electron chi connectivity index (χ3n) is 2.43. The van der Waals surface area contributed by atoms with Gasteiger partial charge in [0.25, 0.3) is 0 Å². The van der Waals surface area contributed by atoms with Crippen molar-refractivity contribution in [2.45, 2.75) is 0 Å². The molecule has 0 aliphatic rings. The summed E-state index contributed by atoms with van der Waals surface area (Å²) in [6.07, 6.45) is 3.87. The number of hydrogen-bond acceptors (Lipinski definition) is 1. The molecule has 0 spiro atoms. The number of ether oxygens (including phenoxy) is 1. The molecule has 0 saturated carbocycles. The van der Waals surface area contributed by atoms with E-state index < -0.39 is 0 Å². The molecule has 2 aromatic carbocycles. The van der Waals surface area contributed by atoms with Gasteiger partial charge in [0.15, 0.2) is 0 Å². The van der Waals surface area contributed by atoms with E-state index in [0.717, 1.165) is 16.9 Å². The molecule has 0 amide bonds. The maximum absolute atomic E-state index is 5.26. The van der Waals surface area contributed by atoms with Gasteiger partial charge < -0.3 is 4.74 Å². The van der Waals surface area contributed by atoms with Crippen LogP contribution in [0, 0.1) is 0 Å². The van der Waals surface area contributed by atoms with Crippen LogP contribution in [-0.4, -0.2) is 7.11 Å². The van der Waals surface area contributed by atoms with Gasteiger partial charge in [-0.1, -0.05) is 48.5 Å². The van der Waals surface area contributed by atoms with Crippen molar-refractivity contribution in [3.05, 3.63) is 71.5 Å². The molecule has 84 valence electrons. The predicted molar refractivity (Wildman–Crippen MR) is 71.9 cm³/mol. The lowest BCUT2D eigenvalue weighted by Gasteiger charge is -2.01. The average molecular weight is 222 g/mol. The minimum atomic E-state index is 0.862. The van der Waals surface area contributed by atoms with Crippen molar-refractivity contribution in [2.24, 2.45) is 0 Å². The first-order valence-electron chi connectivity index (χ1n) is 5.51. The molecule has 0 N–H and O–H groups in total. The molecule has 17 heavy (non-hydrogen) atoms. The second-order valence-electron chi connectivity index (χ2n) is 3.61. The van der Waals surface area contributed by atoms with E-state index in [9.17, 15) is 0 Å². The van der Waals surface area contributed by atoms with Gasteiger partial charge in [-0.3, -0.25) is 0 Å². The predicted octanol–water partition coefficient (Wildman–Crippen LogP) is 4.02. The molecule has 0 fully saturated rings. The van der Waals surface area contributed by atoms with Crippen molar-refractivity contribution in [2.75, 3.05) is 7.11 Å². The van der Waals surface area contributed by atoms with E-state index in [0.29, 0.717) is 0 Å². The lowest BCUT2D eigenvalue weighted by Crippen LogP contribution is -1.84. The highest BCUT2D eigenvalue weighted by Crippen LogP contribution is 2.18. The molecule has 0 atom stereocenters. The van der Waals surface area contributed by atoms with Crippen LogP contribution in [0.3, 0.4) is 0 Å². The van der Waals surface area contributed by atoms with Gasteiger partial charge in [0.1, 0.15) is 5.75 Å². The SMILES string of the molecule is COc1ccccc1C=C=Cc1ccccc1. The molecule has 0 aromatic heterocycles. The second kappa shape index (κ2) is 5.74. The number of methoxy groups -OCH3 is 1. The highest BCUT2D eigenvalue weighted by atomic mass is 16.5. The first kappa shape index (κ1) is 11.3. The Morgan fingerprint density at radius 1 is 0.882 bits per heavy atom. The number of hydrogen-bond donors (Lipinski definition) is 0. The summed E-state index contributed by atoms with van der Waals surface area (Å²) in [7, 11) is 1.67. The molecular weight excluding hydrogens is 208 g/mol. The van der Waals surface area contributed by atoms with Crippen LogP contribution in [0.15, 0.2) is 60.3 Å². The molecule has 0 aliphatic carbocycles. The first-order chi connectivity index (χ1) is 8.40. The fourth-order valence-corrected chi connectivity index (χ4v) is 1.56. The molecule has 1 nitrogen and oxygen atoms in total. The van der Waals surface area contributed by atoms with Crippen LogP contribution < -0.4 is 4.74 Å². The summed E-state index contributed by atoms with van der Waals surface area (Å²) >= 11 is 0. The molecule has 0 radical (unpaired) electrons. The highest BCUT2D eigenvalue weighted by molar-refractivity contribution is 5.61. The van der Waals surface area contributed by atoms with Crippen LogP contribution in [0.5, 0.6) is 5.75 Å². The van der Waals surface area contributed by atoms with Crippen LogP contribution in [0.25, 0.3) is 12.2 Å². The molecule has 1 heteroatoms. The Morgan fingerprint density at radius 3 is 2.35 bits per heavy atom. The molecule has 0 saturated heterocycles. The van der Waals surface area contributed by atoms with Crippen LogP contribution in [0.4, 0.5) is 0 Å². The van der Waals surface area contributed by atoms with Crippen molar-refractivity contribution in [3.8, 4) is 5.75 Å². The average Bonchev–Trinajstić information content (AvgIpc) is 2.40. The van der Waals surface area contributed by atoms with E-state index in [1.807, 2.05) is 66.7 Å². The Morgan fingerprint density at radius 2 is 1.59 bits per heavy atom. The summed E-state index contributed by atoms with van der Waals surface area (Å²) in [4.78, 5) is 0. The Hall–Kier alpha value is -2.24. The number of para-hydroxylation sites is 1. The smallest absolute Gasteiger partial charge is 0.126 e. The Labute approximate surface area is 102 Å². The maximum Gasteiger partial charge on any atom is 0.126 e. The molecule has 2 rings (SSSR count). The fraction of sp³-hybridized carbons (Fsp3) is 0.0625. The van der Waals surface area contributed by atoms with Crippen LogP contribution in [-0.2, 0) is 0 Å². The minimum absolute atomic E-state index is 0.862. The molecule has 2 aromatic rings. The van der Waals surface area contributed by atoms with E-state index >= 15 is 0 Å². The Bertz CT molecular complexity index is 534. The second-order valence-corrected chi connectivity index (χ2v) is 3.61. The van der Waals surface area contributed by atoms with E-state index in [1.54, 1.807) is 7.11 Å². The van der Waals surface area contributed by atoms with Crippen molar-refractivity contribution in [1.82, 2.24) is 0 Å². The van der Waals surface area contributed by atoms with Gasteiger partial charge in [0, 0.05) is 5.56 Å². The lowest BCUT2D eigenvalue weighted by molar-refractivity contribution is 0.414. The van der Waals surface area contributed by atoms with Crippen LogP contribution >= 0.6 is 0 Å². The summed E-state index contributed by atoms with van der Waals surface area (Å²) in [5.74, 6) is 0.862. The quantitative estimate of drug-likeness (QED) is 0.713. The molecule has 0 unspecified atom stereocenters. The Kier molecular flexibility index (Phi) is 3.80. The summed E-state index contributed by atoms with van der Waals surface area (Å²) in [6.45, 7) is 0. The van der Waals surface area contributed by atoms with Crippen molar-refractivity contribution in [1.29, 1.82) is 0 Å². The largest absolute Gasteiger partial charge is 0.496 e. The topological polar surface area (TPSA) is 9.23 Å². The minimum Gasteiger partial charge on any atom is -0.496 e. The van der Waals surface area contributed by atoms with E-state index in [4.69, 9.17) is 4.74 Å². The van der Waals surface area contributed by atoms with Crippen molar-refractivity contribution >= 4 is 12.2 Å². The standard InChI is InChI=1S/C16H14O/c1-17-16-13-6-5-11-15(16)12-7-10-14-8-3-2-4-9-14/h2-6,8-13H,1H3. The zero-order chi connectivity index (χ0) is 11.9.